The topological polar surface area (TPSA) is 66.4 Å². The van der Waals surface area contributed by atoms with E-state index >= 15 is 0 Å². The number of carbonyl (C=O) groups excluding carboxylic acids is 2. The van der Waals surface area contributed by atoms with Crippen LogP contribution in [-0.4, -0.2) is 16.8 Å². The van der Waals surface area contributed by atoms with Crippen molar-refractivity contribution in [3.63, 3.8) is 0 Å². The molecule has 0 saturated carbocycles. The maximum absolute atomic E-state index is 11.7. The molecule has 1 aromatic carbocycles. The standard InChI is InChI=1S/C12H13NO3/c1-7-4-3-5-9-10(7)13-11(15)12(9,16)6-8(2)14/h3-5,16H,6H2,1-2H3,(H,13,15)/t12-/m0/s1. The molecule has 1 aliphatic rings. The Morgan fingerprint density at radius 2 is 2.19 bits per heavy atom. The van der Waals surface area contributed by atoms with E-state index < -0.39 is 11.5 Å². The smallest absolute Gasteiger partial charge is 0.261 e. The summed E-state index contributed by atoms with van der Waals surface area (Å²) < 4.78 is 0. The molecule has 1 aliphatic heterocycles. The summed E-state index contributed by atoms with van der Waals surface area (Å²) in [6.07, 6.45) is -0.185. The largest absolute Gasteiger partial charge is 0.375 e. The molecule has 1 heterocycles. The summed E-state index contributed by atoms with van der Waals surface area (Å²) >= 11 is 0. The van der Waals surface area contributed by atoms with Crippen molar-refractivity contribution in [3.8, 4) is 0 Å². The Bertz CT molecular complexity index is 481. The van der Waals surface area contributed by atoms with Crippen LogP contribution in [0.4, 0.5) is 5.69 Å². The van der Waals surface area contributed by atoms with Gasteiger partial charge in [0.15, 0.2) is 5.60 Å². The lowest BCUT2D eigenvalue weighted by atomic mass is 9.89. The number of aryl methyl sites for hydroxylation is 1. The highest BCUT2D eigenvalue weighted by Crippen LogP contribution is 2.39. The zero-order valence-electron chi connectivity index (χ0n) is 9.20. The third-order valence-electron chi connectivity index (χ3n) is 2.84. The van der Waals surface area contributed by atoms with Crippen molar-refractivity contribution in [1.82, 2.24) is 0 Å². The van der Waals surface area contributed by atoms with Gasteiger partial charge in [-0.1, -0.05) is 18.2 Å². The number of amides is 1. The molecule has 0 fully saturated rings. The van der Waals surface area contributed by atoms with E-state index in [1.165, 1.54) is 6.92 Å². The number of Topliss-reactive ketones (excluding diaryl/α,β-unsaturated/α-hetero) is 1. The van der Waals surface area contributed by atoms with Gasteiger partial charge in [-0.2, -0.15) is 0 Å². The predicted molar refractivity (Wildman–Crippen MR) is 59.0 cm³/mol. The summed E-state index contributed by atoms with van der Waals surface area (Å²) in [7, 11) is 0. The number of aliphatic hydroxyl groups is 1. The molecule has 4 heteroatoms. The van der Waals surface area contributed by atoms with Gasteiger partial charge in [-0.15, -0.1) is 0 Å². The molecule has 2 N–H and O–H groups in total. The minimum absolute atomic E-state index is 0.185. The quantitative estimate of drug-likeness (QED) is 0.783. The van der Waals surface area contributed by atoms with E-state index in [0.29, 0.717) is 11.3 Å². The molecule has 1 amide bonds. The minimum Gasteiger partial charge on any atom is -0.375 e. The first-order valence-electron chi connectivity index (χ1n) is 5.08. The molecular formula is C12H13NO3. The fourth-order valence-electron chi connectivity index (χ4n) is 2.05. The molecule has 0 bridgehead atoms. The Labute approximate surface area is 93.3 Å². The van der Waals surface area contributed by atoms with Crippen molar-refractivity contribution >= 4 is 17.4 Å². The highest BCUT2D eigenvalue weighted by Gasteiger charge is 2.46. The Morgan fingerprint density at radius 3 is 2.81 bits per heavy atom. The number of hydrogen-bond donors (Lipinski definition) is 2. The summed E-state index contributed by atoms with van der Waals surface area (Å²) in [4.78, 5) is 22.8. The third kappa shape index (κ3) is 1.42. The molecule has 0 aromatic heterocycles. The zero-order valence-corrected chi connectivity index (χ0v) is 9.20. The molecule has 0 spiro atoms. The maximum Gasteiger partial charge on any atom is 0.261 e. The number of benzene rings is 1. The van der Waals surface area contributed by atoms with Crippen molar-refractivity contribution in [2.45, 2.75) is 25.9 Å². The molecule has 2 rings (SSSR count). The lowest BCUT2D eigenvalue weighted by molar-refractivity contribution is -0.139. The van der Waals surface area contributed by atoms with Gasteiger partial charge in [0.1, 0.15) is 5.78 Å². The van der Waals surface area contributed by atoms with Crippen molar-refractivity contribution in [2.24, 2.45) is 0 Å². The van der Waals surface area contributed by atoms with E-state index in [9.17, 15) is 14.7 Å². The first-order valence-corrected chi connectivity index (χ1v) is 5.08. The summed E-state index contributed by atoms with van der Waals surface area (Å²) in [6, 6.07) is 5.28. The number of ketones is 1. The lowest BCUT2D eigenvalue weighted by Crippen LogP contribution is -2.35. The van der Waals surface area contributed by atoms with Crippen LogP contribution in [-0.2, 0) is 15.2 Å². The van der Waals surface area contributed by atoms with E-state index in [4.69, 9.17) is 0 Å². The molecule has 0 unspecified atom stereocenters. The molecule has 0 aliphatic carbocycles. The lowest BCUT2D eigenvalue weighted by Gasteiger charge is -2.18. The first-order chi connectivity index (χ1) is 7.45. The fraction of sp³-hybridized carbons (Fsp3) is 0.333. The third-order valence-corrected chi connectivity index (χ3v) is 2.84. The molecule has 1 aromatic rings. The van der Waals surface area contributed by atoms with Crippen LogP contribution in [0.5, 0.6) is 0 Å². The van der Waals surface area contributed by atoms with Crippen molar-refractivity contribution in [2.75, 3.05) is 5.32 Å². The van der Waals surface area contributed by atoms with E-state index in [0.717, 1.165) is 5.56 Å². The van der Waals surface area contributed by atoms with Gasteiger partial charge in [-0.3, -0.25) is 9.59 Å². The second-order valence-electron chi connectivity index (χ2n) is 4.19. The van der Waals surface area contributed by atoms with Gasteiger partial charge in [0.25, 0.3) is 5.91 Å². The summed E-state index contributed by atoms with van der Waals surface area (Å²) in [5.74, 6) is -0.737. The Kier molecular flexibility index (Phi) is 2.31. The Balaban J connectivity index is 2.55. The van der Waals surface area contributed by atoms with Gasteiger partial charge in [-0.25, -0.2) is 0 Å². The molecule has 16 heavy (non-hydrogen) atoms. The zero-order chi connectivity index (χ0) is 11.9. The van der Waals surface area contributed by atoms with Gasteiger partial charge >= 0.3 is 0 Å². The number of fused-ring (bicyclic) bond motifs is 1. The second kappa shape index (κ2) is 3.42. The summed E-state index contributed by atoms with van der Waals surface area (Å²) in [5, 5.41) is 12.9. The fourth-order valence-corrected chi connectivity index (χ4v) is 2.05. The normalized spacial score (nSPS) is 22.8. The highest BCUT2D eigenvalue weighted by atomic mass is 16.3. The van der Waals surface area contributed by atoms with Gasteiger partial charge in [0, 0.05) is 12.0 Å². The average molecular weight is 219 g/mol. The number of rotatable bonds is 2. The van der Waals surface area contributed by atoms with E-state index in [2.05, 4.69) is 5.32 Å². The average Bonchev–Trinajstić information content (AvgIpc) is 2.41. The van der Waals surface area contributed by atoms with Crippen LogP contribution in [0.1, 0.15) is 24.5 Å². The number of para-hydroxylation sites is 1. The molecule has 0 saturated heterocycles. The second-order valence-corrected chi connectivity index (χ2v) is 4.19. The summed E-state index contributed by atoms with van der Waals surface area (Å²) in [6.45, 7) is 3.21. The van der Waals surface area contributed by atoms with Crippen LogP contribution in [0.3, 0.4) is 0 Å². The molecular weight excluding hydrogens is 206 g/mol. The van der Waals surface area contributed by atoms with Gasteiger partial charge in [-0.05, 0) is 19.4 Å². The van der Waals surface area contributed by atoms with Crippen molar-refractivity contribution < 1.29 is 14.7 Å². The van der Waals surface area contributed by atoms with Crippen molar-refractivity contribution in [3.05, 3.63) is 29.3 Å². The van der Waals surface area contributed by atoms with Crippen LogP contribution in [0.15, 0.2) is 18.2 Å². The molecule has 4 nitrogen and oxygen atoms in total. The number of hydrogen-bond acceptors (Lipinski definition) is 3. The predicted octanol–water partition coefficient (Wildman–Crippen LogP) is 1.11. The van der Waals surface area contributed by atoms with Crippen LogP contribution in [0, 0.1) is 6.92 Å². The number of anilines is 1. The first kappa shape index (κ1) is 10.8. The van der Waals surface area contributed by atoms with Crippen LogP contribution in [0.25, 0.3) is 0 Å². The molecule has 1 atom stereocenters. The Morgan fingerprint density at radius 1 is 1.50 bits per heavy atom. The van der Waals surface area contributed by atoms with E-state index in [1.54, 1.807) is 12.1 Å². The summed E-state index contributed by atoms with van der Waals surface area (Å²) in [5.41, 5.74) is 0.293. The van der Waals surface area contributed by atoms with Crippen molar-refractivity contribution in [1.29, 1.82) is 0 Å². The van der Waals surface area contributed by atoms with Gasteiger partial charge in [0.2, 0.25) is 0 Å². The molecule has 84 valence electrons. The van der Waals surface area contributed by atoms with Gasteiger partial charge < -0.3 is 10.4 Å². The SMILES string of the molecule is CC(=O)C[C@@]1(O)C(=O)Nc2c(C)cccc21. The van der Waals surface area contributed by atoms with Crippen LogP contribution < -0.4 is 5.32 Å². The van der Waals surface area contributed by atoms with Crippen LogP contribution >= 0.6 is 0 Å². The maximum atomic E-state index is 11.7. The van der Waals surface area contributed by atoms with Gasteiger partial charge in [0.05, 0.1) is 5.69 Å². The van der Waals surface area contributed by atoms with E-state index in [-0.39, 0.29) is 12.2 Å². The monoisotopic (exact) mass is 219 g/mol. The number of nitrogens with one attached hydrogen (secondary N) is 1. The number of carbonyl (C=O) groups is 2. The Hall–Kier alpha value is -1.68. The highest BCUT2D eigenvalue weighted by molar-refractivity contribution is 6.07. The van der Waals surface area contributed by atoms with E-state index in [1.807, 2.05) is 13.0 Å². The molecule has 0 radical (unpaired) electrons. The van der Waals surface area contributed by atoms with Crippen LogP contribution in [0.2, 0.25) is 0 Å². The minimum atomic E-state index is -1.70.